The van der Waals surface area contributed by atoms with Crippen LogP contribution >= 0.6 is 0 Å². The Labute approximate surface area is 187 Å². The minimum atomic E-state index is -0.388. The second-order valence-electron chi connectivity index (χ2n) is 7.70. The SMILES string of the molecule is CCc1ccc(CN(Cc2cccnc2)C(=O)c2cnn(-c3ccccc3F)c2C)cc1. The monoisotopic (exact) mass is 428 g/mol. The van der Waals surface area contributed by atoms with Gasteiger partial charge < -0.3 is 4.90 Å². The van der Waals surface area contributed by atoms with Gasteiger partial charge in [-0.2, -0.15) is 5.10 Å². The number of rotatable bonds is 7. The molecule has 4 aromatic rings. The fraction of sp³-hybridized carbons (Fsp3) is 0.192. The molecule has 0 radical (unpaired) electrons. The van der Waals surface area contributed by atoms with E-state index in [-0.39, 0.29) is 11.7 Å². The Hall–Kier alpha value is -3.80. The van der Waals surface area contributed by atoms with E-state index in [1.165, 1.54) is 22.5 Å². The molecule has 0 spiro atoms. The molecule has 0 bridgehead atoms. The average molecular weight is 429 g/mol. The third-order valence-corrected chi connectivity index (χ3v) is 5.51. The number of halogens is 1. The van der Waals surface area contributed by atoms with Crippen LogP contribution in [-0.2, 0) is 19.5 Å². The van der Waals surface area contributed by atoms with Crippen LogP contribution in [0.3, 0.4) is 0 Å². The molecule has 0 atom stereocenters. The van der Waals surface area contributed by atoms with Gasteiger partial charge >= 0.3 is 0 Å². The Morgan fingerprint density at radius 2 is 1.66 bits per heavy atom. The van der Waals surface area contributed by atoms with Crippen LogP contribution < -0.4 is 0 Å². The Morgan fingerprint density at radius 3 is 2.34 bits per heavy atom. The number of hydrogen-bond acceptors (Lipinski definition) is 3. The number of para-hydroxylation sites is 1. The normalized spacial score (nSPS) is 10.8. The van der Waals surface area contributed by atoms with Crippen molar-refractivity contribution in [3.8, 4) is 5.69 Å². The van der Waals surface area contributed by atoms with E-state index in [0.29, 0.717) is 30.0 Å². The number of nitrogens with zero attached hydrogens (tertiary/aromatic N) is 4. The number of aryl methyl sites for hydroxylation is 1. The van der Waals surface area contributed by atoms with Crippen molar-refractivity contribution in [3.63, 3.8) is 0 Å². The zero-order valence-corrected chi connectivity index (χ0v) is 18.2. The molecule has 0 saturated heterocycles. The van der Waals surface area contributed by atoms with E-state index in [9.17, 15) is 9.18 Å². The van der Waals surface area contributed by atoms with E-state index in [1.807, 2.05) is 12.1 Å². The zero-order valence-electron chi connectivity index (χ0n) is 18.2. The van der Waals surface area contributed by atoms with Gasteiger partial charge in [-0.1, -0.05) is 49.4 Å². The van der Waals surface area contributed by atoms with Crippen molar-refractivity contribution in [2.45, 2.75) is 33.4 Å². The number of carbonyl (C=O) groups is 1. The molecular weight excluding hydrogens is 403 g/mol. The molecule has 2 aromatic heterocycles. The van der Waals surface area contributed by atoms with Crippen LogP contribution in [0.1, 0.15) is 39.7 Å². The molecule has 5 nitrogen and oxygen atoms in total. The van der Waals surface area contributed by atoms with Gasteiger partial charge in [0.05, 0.1) is 17.5 Å². The predicted octanol–water partition coefficient (Wildman–Crippen LogP) is 5.12. The van der Waals surface area contributed by atoms with Gasteiger partial charge in [0.2, 0.25) is 0 Å². The van der Waals surface area contributed by atoms with Crippen molar-refractivity contribution in [1.29, 1.82) is 0 Å². The summed E-state index contributed by atoms with van der Waals surface area (Å²) in [4.78, 5) is 19.5. The first kappa shape index (κ1) is 21.4. The Morgan fingerprint density at radius 1 is 0.938 bits per heavy atom. The van der Waals surface area contributed by atoms with Crippen molar-refractivity contribution in [2.75, 3.05) is 0 Å². The maximum atomic E-state index is 14.3. The smallest absolute Gasteiger partial charge is 0.257 e. The molecule has 0 N–H and O–H groups in total. The largest absolute Gasteiger partial charge is 0.330 e. The summed E-state index contributed by atoms with van der Waals surface area (Å²) >= 11 is 0. The van der Waals surface area contributed by atoms with Crippen molar-refractivity contribution in [3.05, 3.63) is 113 Å². The molecule has 0 aliphatic rings. The van der Waals surface area contributed by atoms with Crippen LogP contribution in [0.15, 0.2) is 79.3 Å². The molecule has 0 aliphatic heterocycles. The van der Waals surface area contributed by atoms with E-state index in [0.717, 1.165) is 17.5 Å². The van der Waals surface area contributed by atoms with Gasteiger partial charge in [0.1, 0.15) is 11.5 Å². The quantitative estimate of drug-likeness (QED) is 0.411. The van der Waals surface area contributed by atoms with Crippen molar-refractivity contribution >= 4 is 5.91 Å². The van der Waals surface area contributed by atoms with Crippen LogP contribution in [0, 0.1) is 12.7 Å². The van der Waals surface area contributed by atoms with Crippen molar-refractivity contribution in [2.24, 2.45) is 0 Å². The lowest BCUT2D eigenvalue weighted by atomic mass is 10.1. The number of hydrogen-bond donors (Lipinski definition) is 0. The van der Waals surface area contributed by atoms with Crippen molar-refractivity contribution < 1.29 is 9.18 Å². The first-order valence-corrected chi connectivity index (χ1v) is 10.6. The summed E-state index contributed by atoms with van der Waals surface area (Å²) in [6.45, 7) is 4.75. The summed E-state index contributed by atoms with van der Waals surface area (Å²) in [5.74, 6) is -0.547. The second-order valence-corrected chi connectivity index (χ2v) is 7.70. The van der Waals surface area contributed by atoms with Gasteiger partial charge in [-0.15, -0.1) is 0 Å². The van der Waals surface area contributed by atoms with Gasteiger partial charge in [-0.05, 0) is 48.2 Å². The molecular formula is C26H25FN4O. The van der Waals surface area contributed by atoms with Crippen molar-refractivity contribution in [1.82, 2.24) is 19.7 Å². The topological polar surface area (TPSA) is 51.0 Å². The highest BCUT2D eigenvalue weighted by Gasteiger charge is 2.22. The summed E-state index contributed by atoms with van der Waals surface area (Å²) < 4.78 is 15.8. The number of amides is 1. The van der Waals surface area contributed by atoms with E-state index in [1.54, 1.807) is 42.4 Å². The van der Waals surface area contributed by atoms with Gasteiger partial charge in [0.25, 0.3) is 5.91 Å². The molecule has 2 aromatic carbocycles. The summed E-state index contributed by atoms with van der Waals surface area (Å²) in [7, 11) is 0. The molecule has 4 rings (SSSR count). The molecule has 2 heterocycles. The summed E-state index contributed by atoms with van der Waals surface area (Å²) in [5, 5.41) is 4.30. The maximum absolute atomic E-state index is 14.3. The summed E-state index contributed by atoms with van der Waals surface area (Å²) in [6, 6.07) is 18.5. The highest BCUT2D eigenvalue weighted by atomic mass is 19.1. The van der Waals surface area contributed by atoms with Gasteiger partial charge in [0.15, 0.2) is 0 Å². The summed E-state index contributed by atoms with van der Waals surface area (Å²) in [6.07, 6.45) is 5.95. The molecule has 6 heteroatoms. The zero-order chi connectivity index (χ0) is 22.5. The first-order valence-electron chi connectivity index (χ1n) is 10.6. The Balaban J connectivity index is 1.66. The van der Waals surface area contributed by atoms with Gasteiger partial charge in [-0.25, -0.2) is 9.07 Å². The minimum Gasteiger partial charge on any atom is -0.330 e. The lowest BCUT2D eigenvalue weighted by Gasteiger charge is -2.23. The van der Waals surface area contributed by atoms with E-state index in [2.05, 4.69) is 41.3 Å². The molecule has 0 unspecified atom stereocenters. The standard InChI is InChI=1S/C26H25FN4O/c1-3-20-10-12-21(13-11-20)17-30(18-22-7-6-14-28-15-22)26(32)23-16-29-31(19(23)2)25-9-5-4-8-24(25)27/h4-16H,3,17-18H2,1-2H3. The van der Waals surface area contributed by atoms with Crippen LogP contribution in [0.25, 0.3) is 5.69 Å². The van der Waals surface area contributed by atoms with Gasteiger partial charge in [-0.3, -0.25) is 9.78 Å². The number of carbonyl (C=O) groups excluding carboxylic acids is 1. The molecule has 1 amide bonds. The van der Waals surface area contributed by atoms with Crippen LogP contribution in [0.4, 0.5) is 4.39 Å². The Kier molecular flexibility index (Phi) is 6.40. The summed E-state index contributed by atoms with van der Waals surface area (Å²) in [5.41, 5.74) is 4.59. The third kappa shape index (κ3) is 4.59. The minimum absolute atomic E-state index is 0.159. The highest BCUT2D eigenvalue weighted by molar-refractivity contribution is 5.95. The maximum Gasteiger partial charge on any atom is 0.257 e. The molecule has 162 valence electrons. The lowest BCUT2D eigenvalue weighted by molar-refractivity contribution is 0.0729. The van der Waals surface area contributed by atoms with E-state index < -0.39 is 0 Å². The highest BCUT2D eigenvalue weighted by Crippen LogP contribution is 2.20. The first-order chi connectivity index (χ1) is 15.6. The van der Waals surface area contributed by atoms with Crippen LogP contribution in [0.2, 0.25) is 0 Å². The predicted molar refractivity (Wildman–Crippen MR) is 122 cm³/mol. The molecule has 32 heavy (non-hydrogen) atoms. The molecule has 0 aliphatic carbocycles. The molecule has 0 fully saturated rings. The van der Waals surface area contributed by atoms with E-state index >= 15 is 0 Å². The van der Waals surface area contributed by atoms with Crippen LogP contribution in [0.5, 0.6) is 0 Å². The second kappa shape index (κ2) is 9.56. The molecule has 0 saturated carbocycles. The van der Waals surface area contributed by atoms with E-state index in [4.69, 9.17) is 0 Å². The van der Waals surface area contributed by atoms with Crippen LogP contribution in [-0.4, -0.2) is 25.6 Å². The lowest BCUT2D eigenvalue weighted by Crippen LogP contribution is -2.30. The fourth-order valence-electron chi connectivity index (χ4n) is 3.67. The number of benzene rings is 2. The third-order valence-electron chi connectivity index (χ3n) is 5.51. The fourth-order valence-corrected chi connectivity index (χ4v) is 3.67. The number of pyridine rings is 1. The number of aromatic nitrogens is 3. The average Bonchev–Trinajstić information content (AvgIpc) is 3.20. The van der Waals surface area contributed by atoms with Gasteiger partial charge in [0, 0.05) is 25.5 Å². The Bertz CT molecular complexity index is 1200.